The van der Waals surface area contributed by atoms with Gasteiger partial charge in [-0.1, -0.05) is 6.92 Å². The fourth-order valence-electron chi connectivity index (χ4n) is 3.10. The molecule has 1 fully saturated rings. The Bertz CT molecular complexity index is 691. The molecule has 0 spiro atoms. The van der Waals surface area contributed by atoms with E-state index in [4.69, 9.17) is 0 Å². The van der Waals surface area contributed by atoms with E-state index < -0.39 is 10.5 Å². The van der Waals surface area contributed by atoms with Crippen molar-refractivity contribution >= 4 is 5.69 Å². The molecule has 0 aliphatic heterocycles. The average Bonchev–Trinajstić information content (AvgIpc) is 2.95. The van der Waals surface area contributed by atoms with Crippen molar-refractivity contribution in [3.63, 3.8) is 0 Å². The van der Waals surface area contributed by atoms with Crippen LogP contribution in [0.2, 0.25) is 0 Å². The predicted octanol–water partition coefficient (Wildman–Crippen LogP) is 2.79. The summed E-state index contributed by atoms with van der Waals surface area (Å²) in [6.07, 6.45) is 7.90. The van der Waals surface area contributed by atoms with Crippen molar-refractivity contribution in [2.75, 3.05) is 0 Å². The van der Waals surface area contributed by atoms with Crippen molar-refractivity contribution in [1.29, 1.82) is 0 Å². The van der Waals surface area contributed by atoms with E-state index >= 15 is 0 Å². The third kappa shape index (κ3) is 3.39. The number of nitro groups is 1. The van der Waals surface area contributed by atoms with Gasteiger partial charge in [-0.3, -0.25) is 19.8 Å². The maximum Gasteiger partial charge on any atom is 0.314 e. The zero-order chi connectivity index (χ0) is 16.4. The van der Waals surface area contributed by atoms with E-state index in [1.165, 1.54) is 10.9 Å². The molecule has 0 bridgehead atoms. The van der Waals surface area contributed by atoms with Crippen molar-refractivity contribution in [3.8, 4) is 11.3 Å². The first-order valence-corrected chi connectivity index (χ1v) is 7.81. The molecule has 0 unspecified atom stereocenters. The van der Waals surface area contributed by atoms with E-state index in [-0.39, 0.29) is 12.2 Å². The summed E-state index contributed by atoms with van der Waals surface area (Å²) < 4.78 is 1.50. The molecule has 2 heterocycles. The summed E-state index contributed by atoms with van der Waals surface area (Å²) in [6, 6.07) is 3.38. The van der Waals surface area contributed by atoms with E-state index in [0.717, 1.165) is 12.8 Å². The number of nitrogens with zero attached hydrogens (tertiary/aromatic N) is 4. The minimum absolute atomic E-state index is 0.0519. The number of hydrogen-bond acceptors (Lipinski definition) is 5. The van der Waals surface area contributed by atoms with Gasteiger partial charge in [-0.05, 0) is 43.7 Å². The molecule has 1 aliphatic rings. The molecule has 0 amide bonds. The number of hydrogen-bond donors (Lipinski definition) is 1. The minimum Gasteiger partial charge on any atom is -0.388 e. The molecule has 1 aliphatic carbocycles. The van der Waals surface area contributed by atoms with Crippen LogP contribution in [0.4, 0.5) is 5.69 Å². The molecule has 2 aromatic heterocycles. The quantitative estimate of drug-likeness (QED) is 0.691. The van der Waals surface area contributed by atoms with Crippen LogP contribution in [0.25, 0.3) is 11.3 Å². The van der Waals surface area contributed by atoms with Gasteiger partial charge in [0, 0.05) is 18.0 Å². The molecule has 2 aromatic rings. The molecule has 122 valence electrons. The highest BCUT2D eigenvalue weighted by molar-refractivity contribution is 5.68. The lowest BCUT2D eigenvalue weighted by Crippen LogP contribution is -2.38. The van der Waals surface area contributed by atoms with Crippen LogP contribution >= 0.6 is 0 Å². The SMILES string of the molecule is CC1CCC(O)(Cn2cc([N+](=O)[O-])c(-c3ccncc3)n2)CC1. The molecular weight excluding hydrogens is 296 g/mol. The summed E-state index contributed by atoms with van der Waals surface area (Å²) in [6.45, 7) is 2.46. The minimum atomic E-state index is -0.831. The Morgan fingerprint density at radius 3 is 2.65 bits per heavy atom. The maximum absolute atomic E-state index is 11.3. The lowest BCUT2D eigenvalue weighted by atomic mass is 9.79. The predicted molar refractivity (Wildman–Crippen MR) is 84.7 cm³/mol. The van der Waals surface area contributed by atoms with Crippen LogP contribution in [0, 0.1) is 16.0 Å². The Labute approximate surface area is 134 Å². The van der Waals surface area contributed by atoms with Gasteiger partial charge in [0.25, 0.3) is 0 Å². The first kappa shape index (κ1) is 15.6. The highest BCUT2D eigenvalue weighted by Crippen LogP contribution is 2.34. The normalized spacial score (nSPS) is 24.5. The highest BCUT2D eigenvalue weighted by Gasteiger charge is 2.33. The van der Waals surface area contributed by atoms with Gasteiger partial charge >= 0.3 is 5.69 Å². The molecule has 1 N–H and O–H groups in total. The largest absolute Gasteiger partial charge is 0.388 e. The Hall–Kier alpha value is -2.28. The summed E-state index contributed by atoms with van der Waals surface area (Å²) in [7, 11) is 0. The van der Waals surface area contributed by atoms with Crippen LogP contribution in [0.3, 0.4) is 0 Å². The van der Waals surface area contributed by atoms with Gasteiger partial charge in [0.05, 0.1) is 17.1 Å². The number of aromatic nitrogens is 3. The summed E-state index contributed by atoms with van der Waals surface area (Å²) in [5.74, 6) is 0.620. The molecule has 0 atom stereocenters. The van der Waals surface area contributed by atoms with Gasteiger partial charge in [-0.25, -0.2) is 0 Å². The highest BCUT2D eigenvalue weighted by atomic mass is 16.6. The van der Waals surface area contributed by atoms with E-state index in [9.17, 15) is 15.2 Å². The van der Waals surface area contributed by atoms with Crippen LogP contribution in [0.15, 0.2) is 30.7 Å². The number of rotatable bonds is 4. The molecule has 0 radical (unpaired) electrons. The molecule has 0 saturated heterocycles. The Morgan fingerprint density at radius 2 is 2.04 bits per heavy atom. The summed E-state index contributed by atoms with van der Waals surface area (Å²) in [5, 5.41) is 26.4. The van der Waals surface area contributed by atoms with E-state index in [1.807, 2.05) is 0 Å². The third-order valence-electron chi connectivity index (χ3n) is 4.55. The van der Waals surface area contributed by atoms with Crippen LogP contribution in [0.1, 0.15) is 32.6 Å². The first-order valence-electron chi connectivity index (χ1n) is 7.81. The first-order chi connectivity index (χ1) is 11.0. The number of aliphatic hydroxyl groups is 1. The summed E-state index contributed by atoms with van der Waals surface area (Å²) in [4.78, 5) is 14.8. The van der Waals surface area contributed by atoms with Crippen molar-refractivity contribution in [2.24, 2.45) is 5.92 Å². The van der Waals surface area contributed by atoms with Gasteiger partial charge in [0.1, 0.15) is 6.20 Å². The van der Waals surface area contributed by atoms with Gasteiger partial charge in [-0.2, -0.15) is 5.10 Å². The van der Waals surface area contributed by atoms with Crippen molar-refractivity contribution in [2.45, 2.75) is 44.8 Å². The smallest absolute Gasteiger partial charge is 0.314 e. The van der Waals surface area contributed by atoms with Gasteiger partial charge in [-0.15, -0.1) is 0 Å². The second-order valence-electron chi connectivity index (χ2n) is 6.46. The zero-order valence-corrected chi connectivity index (χ0v) is 13.1. The summed E-state index contributed by atoms with van der Waals surface area (Å²) >= 11 is 0. The van der Waals surface area contributed by atoms with Gasteiger partial charge < -0.3 is 5.11 Å². The van der Waals surface area contributed by atoms with Crippen LogP contribution < -0.4 is 0 Å². The van der Waals surface area contributed by atoms with E-state index in [2.05, 4.69) is 17.0 Å². The van der Waals surface area contributed by atoms with Gasteiger partial charge in [0.2, 0.25) is 0 Å². The van der Waals surface area contributed by atoms with Crippen LogP contribution in [-0.4, -0.2) is 30.4 Å². The molecule has 7 heteroatoms. The maximum atomic E-state index is 11.3. The lowest BCUT2D eigenvalue weighted by Gasteiger charge is -2.34. The molecule has 23 heavy (non-hydrogen) atoms. The van der Waals surface area contributed by atoms with Gasteiger partial charge in [0.15, 0.2) is 5.69 Å². The van der Waals surface area contributed by atoms with E-state index in [1.54, 1.807) is 24.5 Å². The monoisotopic (exact) mass is 316 g/mol. The fraction of sp³-hybridized carbons (Fsp3) is 0.500. The second kappa shape index (κ2) is 6.08. The molecule has 3 rings (SSSR count). The van der Waals surface area contributed by atoms with Crippen LogP contribution in [0.5, 0.6) is 0 Å². The van der Waals surface area contributed by atoms with Crippen molar-refractivity contribution in [3.05, 3.63) is 40.8 Å². The zero-order valence-electron chi connectivity index (χ0n) is 13.1. The second-order valence-corrected chi connectivity index (χ2v) is 6.46. The standard InChI is InChI=1S/C16H20N4O3/c1-12-2-6-16(21,7-3-12)11-19-10-14(20(22)23)15(18-19)13-4-8-17-9-5-13/h4-5,8-10,12,21H,2-3,6-7,11H2,1H3. The number of pyridine rings is 1. The molecular formula is C16H20N4O3. The third-order valence-corrected chi connectivity index (χ3v) is 4.55. The van der Waals surface area contributed by atoms with Crippen molar-refractivity contribution in [1.82, 2.24) is 14.8 Å². The van der Waals surface area contributed by atoms with Crippen LogP contribution in [-0.2, 0) is 6.54 Å². The van der Waals surface area contributed by atoms with Crippen molar-refractivity contribution < 1.29 is 10.0 Å². The lowest BCUT2D eigenvalue weighted by molar-refractivity contribution is -0.384. The Kier molecular flexibility index (Phi) is 4.12. The van der Waals surface area contributed by atoms with E-state index in [0.29, 0.717) is 30.0 Å². The molecule has 7 nitrogen and oxygen atoms in total. The Balaban J connectivity index is 1.88. The average molecular weight is 316 g/mol. The summed E-state index contributed by atoms with van der Waals surface area (Å²) in [5.41, 5.74) is 0.0749. The Morgan fingerprint density at radius 1 is 1.39 bits per heavy atom. The fourth-order valence-corrected chi connectivity index (χ4v) is 3.10. The topological polar surface area (TPSA) is 94.1 Å². The molecule has 0 aromatic carbocycles. The molecule has 1 saturated carbocycles.